The Hall–Kier alpha value is -3.16. The molecule has 1 saturated heterocycles. The number of carbonyl (C=O) groups is 2. The second-order valence-electron chi connectivity index (χ2n) is 5.90. The first kappa shape index (κ1) is 17.7. The first-order valence-corrected chi connectivity index (χ1v) is 8.12. The Kier molecular flexibility index (Phi) is 5.01. The molecule has 0 aliphatic carbocycles. The fraction of sp³-hybridized carbons (Fsp3) is 0.333. The second-order valence-corrected chi connectivity index (χ2v) is 5.90. The molecule has 0 atom stereocenters. The van der Waals surface area contributed by atoms with Crippen molar-refractivity contribution in [2.45, 2.75) is 0 Å². The first-order chi connectivity index (χ1) is 12.5. The van der Waals surface area contributed by atoms with Crippen LogP contribution in [-0.4, -0.2) is 72.5 Å². The molecule has 26 heavy (non-hydrogen) atoms. The van der Waals surface area contributed by atoms with Crippen LogP contribution in [-0.2, 0) is 4.79 Å². The van der Waals surface area contributed by atoms with Crippen molar-refractivity contribution in [1.29, 1.82) is 0 Å². The number of aromatic nitrogens is 2. The molecule has 2 amide bonds. The van der Waals surface area contributed by atoms with Gasteiger partial charge in [-0.25, -0.2) is 0 Å². The lowest BCUT2D eigenvalue weighted by Gasteiger charge is -2.32. The fourth-order valence-electron chi connectivity index (χ4n) is 2.65. The summed E-state index contributed by atoms with van der Waals surface area (Å²) < 4.78 is 10.3. The van der Waals surface area contributed by atoms with Gasteiger partial charge in [0.25, 0.3) is 5.91 Å². The summed E-state index contributed by atoms with van der Waals surface area (Å²) in [7, 11) is 4.75. The Labute approximate surface area is 151 Å². The van der Waals surface area contributed by atoms with Crippen LogP contribution in [0.1, 0.15) is 10.4 Å². The van der Waals surface area contributed by atoms with Gasteiger partial charge in [0.05, 0.1) is 20.3 Å². The van der Waals surface area contributed by atoms with Gasteiger partial charge in [-0.1, -0.05) is 12.1 Å². The van der Waals surface area contributed by atoms with Crippen molar-refractivity contribution in [3.63, 3.8) is 0 Å². The number of nitrogens with zero attached hydrogens (tertiary/aromatic N) is 4. The smallest absolute Gasteiger partial charge is 0.254 e. The highest BCUT2D eigenvalue weighted by atomic mass is 16.5. The molecule has 0 spiro atoms. The van der Waals surface area contributed by atoms with Crippen LogP contribution >= 0.6 is 0 Å². The zero-order valence-electron chi connectivity index (χ0n) is 14.9. The van der Waals surface area contributed by atoms with Gasteiger partial charge in [-0.05, 0) is 12.1 Å². The number of rotatable bonds is 4. The van der Waals surface area contributed by atoms with Gasteiger partial charge < -0.3 is 19.3 Å². The molecular formula is C18H20N4O4. The number of likely N-dealkylation sites (N-methyl/N-ethyl adjacent to an activating group) is 1. The van der Waals surface area contributed by atoms with E-state index in [9.17, 15) is 9.59 Å². The maximum Gasteiger partial charge on any atom is 0.254 e. The molecule has 1 aromatic carbocycles. The molecule has 0 saturated carbocycles. The first-order valence-electron chi connectivity index (χ1n) is 8.12. The highest BCUT2D eigenvalue weighted by Gasteiger charge is 2.25. The maximum atomic E-state index is 12.7. The van der Waals surface area contributed by atoms with E-state index in [1.807, 2.05) is 0 Å². The minimum absolute atomic E-state index is 0.0679. The van der Waals surface area contributed by atoms with Gasteiger partial charge in [0, 0.05) is 31.3 Å². The van der Waals surface area contributed by atoms with Gasteiger partial charge >= 0.3 is 0 Å². The van der Waals surface area contributed by atoms with Crippen molar-refractivity contribution < 1.29 is 19.1 Å². The lowest BCUT2D eigenvalue weighted by molar-refractivity contribution is -0.133. The van der Waals surface area contributed by atoms with Gasteiger partial charge in [0.15, 0.2) is 5.82 Å². The van der Waals surface area contributed by atoms with Crippen molar-refractivity contribution in [2.24, 2.45) is 0 Å². The van der Waals surface area contributed by atoms with Crippen molar-refractivity contribution in [2.75, 3.05) is 40.9 Å². The van der Waals surface area contributed by atoms with Crippen LogP contribution in [0.2, 0.25) is 0 Å². The summed E-state index contributed by atoms with van der Waals surface area (Å²) in [5, 5.41) is 0. The average molecular weight is 356 g/mol. The van der Waals surface area contributed by atoms with Gasteiger partial charge in [0.1, 0.15) is 6.54 Å². The number of piperazine rings is 1. The summed E-state index contributed by atoms with van der Waals surface area (Å²) >= 11 is 0. The SMILES string of the molecule is COc1cc(OC)nc(-c2cccc(C(=O)N3CCN(C)C(=O)C3)c2)n1. The van der Waals surface area contributed by atoms with Crippen LogP contribution in [0, 0.1) is 0 Å². The highest BCUT2D eigenvalue weighted by Crippen LogP contribution is 2.23. The van der Waals surface area contributed by atoms with Crippen LogP contribution in [0.15, 0.2) is 30.3 Å². The quantitative estimate of drug-likeness (QED) is 0.815. The van der Waals surface area contributed by atoms with Gasteiger partial charge in [-0.2, -0.15) is 9.97 Å². The molecule has 2 aromatic rings. The van der Waals surface area contributed by atoms with Gasteiger partial charge in [0.2, 0.25) is 17.7 Å². The largest absolute Gasteiger partial charge is 0.481 e. The summed E-state index contributed by atoms with van der Waals surface area (Å²) in [6.07, 6.45) is 0. The van der Waals surface area contributed by atoms with Crippen molar-refractivity contribution in [1.82, 2.24) is 19.8 Å². The van der Waals surface area contributed by atoms with E-state index in [2.05, 4.69) is 9.97 Å². The van der Waals surface area contributed by atoms with E-state index in [1.165, 1.54) is 14.2 Å². The molecule has 0 unspecified atom stereocenters. The van der Waals surface area contributed by atoms with Gasteiger partial charge in [-0.15, -0.1) is 0 Å². The van der Waals surface area contributed by atoms with Crippen molar-refractivity contribution in [3.8, 4) is 23.1 Å². The van der Waals surface area contributed by atoms with Gasteiger partial charge in [-0.3, -0.25) is 9.59 Å². The Morgan fingerprint density at radius 1 is 1.08 bits per heavy atom. The Morgan fingerprint density at radius 2 is 1.77 bits per heavy atom. The summed E-state index contributed by atoms with van der Waals surface area (Å²) in [6, 6.07) is 8.57. The molecular weight excluding hydrogens is 336 g/mol. The van der Waals surface area contributed by atoms with E-state index < -0.39 is 0 Å². The lowest BCUT2D eigenvalue weighted by atomic mass is 10.1. The summed E-state index contributed by atoms with van der Waals surface area (Å²) in [4.78, 5) is 36.4. The number of amides is 2. The molecule has 1 aliphatic heterocycles. The van der Waals surface area contributed by atoms with E-state index in [0.29, 0.717) is 41.8 Å². The standard InChI is InChI=1S/C18H20N4O4/c1-21-7-8-22(11-16(21)23)18(24)13-6-4-5-12(9-13)17-19-14(25-2)10-15(20-17)26-3/h4-6,9-10H,7-8,11H2,1-3H3. The van der Waals surface area contributed by atoms with E-state index in [1.54, 1.807) is 47.2 Å². The Bertz CT molecular complexity index is 817. The molecule has 1 aliphatic rings. The van der Waals surface area contributed by atoms with Crippen molar-refractivity contribution >= 4 is 11.8 Å². The number of methoxy groups -OCH3 is 2. The molecule has 1 aromatic heterocycles. The number of hydrogen-bond donors (Lipinski definition) is 0. The molecule has 0 bridgehead atoms. The van der Waals surface area contributed by atoms with Crippen molar-refractivity contribution in [3.05, 3.63) is 35.9 Å². The van der Waals surface area contributed by atoms with E-state index in [-0.39, 0.29) is 18.4 Å². The predicted molar refractivity (Wildman–Crippen MR) is 94.1 cm³/mol. The predicted octanol–water partition coefficient (Wildman–Crippen LogP) is 1.07. The molecule has 8 nitrogen and oxygen atoms in total. The molecule has 136 valence electrons. The lowest BCUT2D eigenvalue weighted by Crippen LogP contribution is -2.50. The molecule has 8 heteroatoms. The second kappa shape index (κ2) is 7.38. The average Bonchev–Trinajstić information content (AvgIpc) is 2.69. The molecule has 0 radical (unpaired) electrons. The third kappa shape index (κ3) is 3.58. The number of hydrogen-bond acceptors (Lipinski definition) is 6. The van der Waals surface area contributed by atoms with Crippen LogP contribution < -0.4 is 9.47 Å². The summed E-state index contributed by atoms with van der Waals surface area (Å²) in [6.45, 7) is 1.12. The highest BCUT2D eigenvalue weighted by molar-refractivity contribution is 5.97. The van der Waals surface area contributed by atoms with Crippen LogP contribution in [0.4, 0.5) is 0 Å². The van der Waals surface area contributed by atoms with Crippen LogP contribution in [0.25, 0.3) is 11.4 Å². The summed E-state index contributed by atoms with van der Waals surface area (Å²) in [5.74, 6) is 0.872. The molecule has 3 rings (SSSR count). The maximum absolute atomic E-state index is 12.7. The third-order valence-corrected chi connectivity index (χ3v) is 4.21. The molecule has 2 heterocycles. The van der Waals surface area contributed by atoms with E-state index in [4.69, 9.17) is 9.47 Å². The van der Waals surface area contributed by atoms with Crippen LogP contribution in [0.3, 0.4) is 0 Å². The topological polar surface area (TPSA) is 84.9 Å². The molecule has 1 fully saturated rings. The third-order valence-electron chi connectivity index (χ3n) is 4.21. The van der Waals surface area contributed by atoms with E-state index in [0.717, 1.165) is 0 Å². The number of carbonyl (C=O) groups excluding carboxylic acids is 2. The zero-order valence-corrected chi connectivity index (χ0v) is 14.9. The number of ether oxygens (including phenoxy) is 2. The Morgan fingerprint density at radius 3 is 2.38 bits per heavy atom. The summed E-state index contributed by atoms with van der Waals surface area (Å²) in [5.41, 5.74) is 1.14. The minimum Gasteiger partial charge on any atom is -0.481 e. The zero-order chi connectivity index (χ0) is 18.7. The normalized spacial score (nSPS) is 14.3. The number of benzene rings is 1. The van der Waals surface area contributed by atoms with Crippen LogP contribution in [0.5, 0.6) is 11.8 Å². The fourth-order valence-corrected chi connectivity index (χ4v) is 2.65. The monoisotopic (exact) mass is 356 g/mol. The Balaban J connectivity index is 1.89. The van der Waals surface area contributed by atoms with E-state index >= 15 is 0 Å². The minimum atomic E-state index is -0.192. The molecule has 0 N–H and O–H groups in total.